The summed E-state index contributed by atoms with van der Waals surface area (Å²) in [4.78, 5) is 35.6. The molecule has 0 radical (unpaired) electrons. The highest BCUT2D eigenvalue weighted by atomic mass is 16.5. The van der Waals surface area contributed by atoms with Crippen LogP contribution in [-0.2, 0) is 11.2 Å². The van der Waals surface area contributed by atoms with Crippen LogP contribution in [0.3, 0.4) is 0 Å². The summed E-state index contributed by atoms with van der Waals surface area (Å²) in [6, 6.07) is 12.5. The standard InChI is InChI=1S/C23H20N6O4/c1-29-18-11-16-17(25-8-7-24-16)12-19(18)32-13-15(10-21(29)30)26-22(31)23-28-27-20(33-23)9-14-5-3-2-4-6-14/h2-8,11-12,15H,9-10,13H2,1H3,(H,26,31)/t15-/m1/s1. The van der Waals surface area contributed by atoms with E-state index in [0.29, 0.717) is 34.8 Å². The van der Waals surface area contributed by atoms with E-state index in [1.165, 1.54) is 4.90 Å². The molecule has 1 atom stereocenters. The third kappa shape index (κ3) is 4.36. The van der Waals surface area contributed by atoms with E-state index in [9.17, 15) is 9.59 Å². The average molecular weight is 444 g/mol. The van der Waals surface area contributed by atoms with Gasteiger partial charge in [0.1, 0.15) is 12.4 Å². The Kier molecular flexibility index (Phi) is 5.39. The summed E-state index contributed by atoms with van der Waals surface area (Å²) in [5.74, 6) is -0.0800. The lowest BCUT2D eigenvalue weighted by Crippen LogP contribution is -2.44. The van der Waals surface area contributed by atoms with Gasteiger partial charge in [-0.15, -0.1) is 10.2 Å². The Morgan fingerprint density at radius 3 is 2.67 bits per heavy atom. The van der Waals surface area contributed by atoms with Crippen molar-refractivity contribution in [3.8, 4) is 5.75 Å². The Hall–Kier alpha value is -4.34. The molecule has 0 saturated heterocycles. The molecule has 10 nitrogen and oxygen atoms in total. The minimum Gasteiger partial charge on any atom is -0.489 e. The number of fused-ring (bicyclic) bond motifs is 2. The number of amides is 2. The Balaban J connectivity index is 1.30. The van der Waals surface area contributed by atoms with E-state index in [4.69, 9.17) is 9.15 Å². The summed E-state index contributed by atoms with van der Waals surface area (Å²) in [5, 5.41) is 10.6. The predicted molar refractivity (Wildman–Crippen MR) is 118 cm³/mol. The maximum atomic E-state index is 12.8. The van der Waals surface area contributed by atoms with E-state index < -0.39 is 11.9 Å². The molecule has 2 aromatic heterocycles. The first kappa shape index (κ1) is 20.6. The molecule has 1 N–H and O–H groups in total. The summed E-state index contributed by atoms with van der Waals surface area (Å²) >= 11 is 0. The van der Waals surface area contributed by atoms with E-state index in [2.05, 4.69) is 25.5 Å². The van der Waals surface area contributed by atoms with Crippen LogP contribution in [0.1, 0.15) is 28.6 Å². The van der Waals surface area contributed by atoms with Crippen LogP contribution in [0.2, 0.25) is 0 Å². The van der Waals surface area contributed by atoms with Crippen molar-refractivity contribution in [1.29, 1.82) is 0 Å². The molecule has 0 bridgehead atoms. The number of nitrogens with zero attached hydrogens (tertiary/aromatic N) is 5. The topological polar surface area (TPSA) is 123 Å². The molecule has 1 aliphatic heterocycles. The average Bonchev–Trinajstić information content (AvgIpc) is 3.30. The molecule has 2 aromatic carbocycles. The van der Waals surface area contributed by atoms with Gasteiger partial charge in [0, 0.05) is 25.5 Å². The van der Waals surface area contributed by atoms with Gasteiger partial charge in [-0.05, 0) is 11.6 Å². The van der Waals surface area contributed by atoms with Gasteiger partial charge in [-0.3, -0.25) is 19.6 Å². The largest absolute Gasteiger partial charge is 0.489 e. The Morgan fingerprint density at radius 2 is 1.88 bits per heavy atom. The minimum absolute atomic E-state index is 0.0468. The molecular formula is C23H20N6O4. The molecule has 33 heavy (non-hydrogen) atoms. The highest BCUT2D eigenvalue weighted by Crippen LogP contribution is 2.33. The third-order valence-electron chi connectivity index (χ3n) is 5.34. The van der Waals surface area contributed by atoms with Crippen molar-refractivity contribution in [2.45, 2.75) is 18.9 Å². The number of rotatable bonds is 4. The van der Waals surface area contributed by atoms with Gasteiger partial charge >= 0.3 is 11.8 Å². The van der Waals surface area contributed by atoms with E-state index in [1.807, 2.05) is 30.3 Å². The van der Waals surface area contributed by atoms with Crippen molar-refractivity contribution in [3.63, 3.8) is 0 Å². The minimum atomic E-state index is -0.581. The number of hydrogen-bond acceptors (Lipinski definition) is 8. The second kappa shape index (κ2) is 8.65. The lowest BCUT2D eigenvalue weighted by Gasteiger charge is -2.28. The van der Waals surface area contributed by atoms with Crippen LogP contribution in [-0.4, -0.2) is 51.7 Å². The second-order valence-electron chi connectivity index (χ2n) is 7.67. The lowest BCUT2D eigenvalue weighted by atomic mass is 10.1. The molecule has 5 rings (SSSR count). The van der Waals surface area contributed by atoms with E-state index in [0.717, 1.165) is 5.56 Å². The number of anilines is 1. The van der Waals surface area contributed by atoms with Crippen molar-refractivity contribution < 1.29 is 18.7 Å². The Labute approximate surface area is 188 Å². The van der Waals surface area contributed by atoms with Gasteiger partial charge in [-0.2, -0.15) is 0 Å². The molecule has 4 aromatic rings. The molecule has 1 aliphatic rings. The van der Waals surface area contributed by atoms with Crippen LogP contribution in [0.15, 0.2) is 59.3 Å². The fourth-order valence-electron chi connectivity index (χ4n) is 3.62. The smallest absolute Gasteiger partial charge is 0.309 e. The molecule has 3 heterocycles. The fraction of sp³-hybridized carbons (Fsp3) is 0.217. The maximum Gasteiger partial charge on any atom is 0.309 e. The fourth-order valence-corrected chi connectivity index (χ4v) is 3.62. The van der Waals surface area contributed by atoms with Crippen molar-refractivity contribution in [1.82, 2.24) is 25.5 Å². The molecule has 0 fully saturated rings. The zero-order chi connectivity index (χ0) is 22.8. The number of nitrogens with one attached hydrogen (secondary N) is 1. The normalized spacial score (nSPS) is 16.0. The van der Waals surface area contributed by atoms with Gasteiger partial charge in [-0.1, -0.05) is 30.3 Å². The molecule has 0 aliphatic carbocycles. The monoisotopic (exact) mass is 444 g/mol. The highest BCUT2D eigenvalue weighted by Gasteiger charge is 2.28. The molecular weight excluding hydrogens is 424 g/mol. The van der Waals surface area contributed by atoms with E-state index in [1.54, 1.807) is 31.6 Å². The summed E-state index contributed by atoms with van der Waals surface area (Å²) in [7, 11) is 1.66. The van der Waals surface area contributed by atoms with E-state index in [-0.39, 0.29) is 24.8 Å². The van der Waals surface area contributed by atoms with Gasteiger partial charge < -0.3 is 19.4 Å². The van der Waals surface area contributed by atoms with Crippen LogP contribution < -0.4 is 15.0 Å². The van der Waals surface area contributed by atoms with Crippen molar-refractivity contribution >= 4 is 28.5 Å². The van der Waals surface area contributed by atoms with E-state index >= 15 is 0 Å². The first-order chi connectivity index (χ1) is 16.1. The Bertz CT molecular complexity index is 1320. The van der Waals surface area contributed by atoms with Gasteiger partial charge in [0.15, 0.2) is 0 Å². The molecule has 166 valence electrons. The van der Waals surface area contributed by atoms with Crippen LogP contribution in [0, 0.1) is 0 Å². The van der Waals surface area contributed by atoms with Crippen LogP contribution in [0.4, 0.5) is 5.69 Å². The molecule has 0 saturated carbocycles. The van der Waals surface area contributed by atoms with Gasteiger partial charge in [0.05, 0.1) is 35.6 Å². The number of benzene rings is 2. The molecule has 10 heteroatoms. The molecule has 0 unspecified atom stereocenters. The van der Waals surface area contributed by atoms with Crippen LogP contribution in [0.5, 0.6) is 5.75 Å². The van der Waals surface area contributed by atoms with Crippen LogP contribution >= 0.6 is 0 Å². The Morgan fingerprint density at radius 1 is 1.12 bits per heavy atom. The second-order valence-corrected chi connectivity index (χ2v) is 7.67. The summed E-state index contributed by atoms with van der Waals surface area (Å²) < 4.78 is 11.5. The number of hydrogen-bond donors (Lipinski definition) is 1. The first-order valence-electron chi connectivity index (χ1n) is 10.4. The summed E-state index contributed by atoms with van der Waals surface area (Å²) in [6.07, 6.45) is 3.65. The summed E-state index contributed by atoms with van der Waals surface area (Å²) in [5.41, 5.74) is 2.90. The quantitative estimate of drug-likeness (QED) is 0.508. The van der Waals surface area contributed by atoms with Gasteiger partial charge in [0.25, 0.3) is 0 Å². The van der Waals surface area contributed by atoms with Crippen LogP contribution in [0.25, 0.3) is 11.0 Å². The number of ether oxygens (including phenoxy) is 1. The van der Waals surface area contributed by atoms with Crippen molar-refractivity contribution in [3.05, 3.63) is 72.2 Å². The molecule has 0 spiro atoms. The third-order valence-corrected chi connectivity index (χ3v) is 5.34. The maximum absolute atomic E-state index is 12.8. The van der Waals surface area contributed by atoms with Gasteiger partial charge in [0.2, 0.25) is 11.8 Å². The number of carbonyl (C=O) groups excluding carboxylic acids is 2. The lowest BCUT2D eigenvalue weighted by molar-refractivity contribution is -0.119. The molecule has 2 amide bonds. The summed E-state index contributed by atoms with van der Waals surface area (Å²) in [6.45, 7) is 0.0924. The van der Waals surface area contributed by atoms with Gasteiger partial charge in [-0.25, -0.2) is 0 Å². The SMILES string of the molecule is CN1C(=O)C[C@@H](NC(=O)c2nnc(Cc3ccccc3)o2)COc2cc3nccnc3cc21. The van der Waals surface area contributed by atoms with Crippen molar-refractivity contribution in [2.75, 3.05) is 18.6 Å². The zero-order valence-electron chi connectivity index (χ0n) is 17.8. The predicted octanol–water partition coefficient (Wildman–Crippen LogP) is 2.15. The number of carbonyl (C=O) groups is 2. The number of aromatic nitrogens is 4. The highest BCUT2D eigenvalue weighted by molar-refractivity contribution is 5.98. The zero-order valence-corrected chi connectivity index (χ0v) is 17.8. The first-order valence-corrected chi connectivity index (χ1v) is 10.4. The van der Waals surface area contributed by atoms with Crippen molar-refractivity contribution in [2.24, 2.45) is 0 Å².